The molecule has 5 aromatic rings. The quantitative estimate of drug-likeness (QED) is 0.0279. The summed E-state index contributed by atoms with van der Waals surface area (Å²) in [7, 11) is 0. The summed E-state index contributed by atoms with van der Waals surface area (Å²) in [4.78, 5) is 151. The Morgan fingerprint density at radius 1 is 0.756 bits per heavy atom. The lowest BCUT2D eigenvalue weighted by molar-refractivity contribution is -0.143. The third-order valence-corrected chi connectivity index (χ3v) is 16.2. The lowest BCUT2D eigenvalue weighted by atomic mass is 9.99. The van der Waals surface area contributed by atoms with Gasteiger partial charge in [-0.1, -0.05) is 112 Å². The van der Waals surface area contributed by atoms with Gasteiger partial charge in [-0.3, -0.25) is 52.9 Å². The molecule has 0 spiro atoms. The number of nitrogens with two attached hydrogens (primary N) is 3. The summed E-state index contributed by atoms with van der Waals surface area (Å²) in [5, 5.41) is 33.2. The Morgan fingerprint density at radius 2 is 1.48 bits per heavy atom. The normalized spacial score (nSPS) is 21.6. The second-order valence-electron chi connectivity index (χ2n) is 23.2. The number of unbranched alkanes of at least 4 members (excludes halogenated alkanes) is 4. The molecule has 4 heterocycles. The van der Waals surface area contributed by atoms with Gasteiger partial charge in [-0.15, -0.1) is 5.10 Å². The van der Waals surface area contributed by atoms with Crippen LogP contribution in [0.1, 0.15) is 134 Å². The van der Waals surface area contributed by atoms with Gasteiger partial charge in [0.25, 0.3) is 0 Å². The minimum absolute atomic E-state index is 0.0272. The molecule has 10 amide bonds. The highest BCUT2D eigenvalue weighted by atomic mass is 16.2. The van der Waals surface area contributed by atoms with Crippen LogP contribution in [-0.4, -0.2) is 158 Å². The molecule has 2 fully saturated rings. The Morgan fingerprint density at radius 3 is 2.23 bits per heavy atom. The number of aromatic amines is 1. The molecule has 2 aliphatic rings. The third kappa shape index (κ3) is 20.0. The van der Waals surface area contributed by atoms with Gasteiger partial charge in [0.2, 0.25) is 59.1 Å². The van der Waals surface area contributed by atoms with Crippen molar-refractivity contribution in [2.45, 2.75) is 178 Å². The Bertz CT molecular complexity index is 3360. The molecule has 2 saturated heterocycles. The van der Waals surface area contributed by atoms with Crippen LogP contribution in [0.3, 0.4) is 0 Å². The molecule has 8 atom stereocenters. The van der Waals surface area contributed by atoms with Gasteiger partial charge in [0.15, 0.2) is 5.96 Å². The van der Waals surface area contributed by atoms with Gasteiger partial charge in [-0.25, -0.2) is 4.68 Å². The van der Waals surface area contributed by atoms with E-state index in [2.05, 4.69) is 69.7 Å². The minimum Gasteiger partial charge on any atom is -0.370 e. The number of primary amides is 1. The number of nitrogens with one attached hydrogen (secondary N) is 9. The number of guanidine groups is 1. The van der Waals surface area contributed by atoms with Gasteiger partial charge >= 0.3 is 0 Å². The number of benzene rings is 3. The minimum atomic E-state index is -1.60. The predicted molar refractivity (Wildman–Crippen MR) is 337 cm³/mol. The number of aromatic nitrogens is 4. The van der Waals surface area contributed by atoms with E-state index in [1.54, 1.807) is 23.1 Å². The van der Waals surface area contributed by atoms with Crippen molar-refractivity contribution in [2.75, 3.05) is 26.2 Å². The molecular formula is C63H87N17O10. The van der Waals surface area contributed by atoms with E-state index in [4.69, 9.17) is 17.2 Å². The summed E-state index contributed by atoms with van der Waals surface area (Å²) in [5.41, 5.74) is 19.8. The van der Waals surface area contributed by atoms with E-state index >= 15 is 14.4 Å². The fraction of sp³-hybridized carbons (Fsp3) is 0.508. The van der Waals surface area contributed by atoms with Crippen LogP contribution in [-0.2, 0) is 67.2 Å². The van der Waals surface area contributed by atoms with E-state index < -0.39 is 120 Å². The Balaban J connectivity index is 1.30. The summed E-state index contributed by atoms with van der Waals surface area (Å²) < 4.78 is 1.59. The second kappa shape index (κ2) is 33.8. The Labute approximate surface area is 522 Å². The molecule has 0 unspecified atom stereocenters. The van der Waals surface area contributed by atoms with Gasteiger partial charge in [-0.2, -0.15) is 0 Å². The first-order valence-corrected chi connectivity index (χ1v) is 31.2. The van der Waals surface area contributed by atoms with Gasteiger partial charge in [0.05, 0.1) is 24.7 Å². The van der Waals surface area contributed by atoms with E-state index in [1.807, 2.05) is 67.6 Å². The fourth-order valence-electron chi connectivity index (χ4n) is 11.3. The molecule has 0 bridgehead atoms. The highest BCUT2D eigenvalue weighted by molar-refractivity contribution is 5.99. The first kappa shape index (κ1) is 68.1. The average Bonchev–Trinajstić information content (AvgIpc) is 2.10. The molecule has 484 valence electrons. The van der Waals surface area contributed by atoms with Crippen LogP contribution < -0.4 is 59.7 Å². The number of carbonyl (C=O) groups is 10. The number of amides is 10. The van der Waals surface area contributed by atoms with Gasteiger partial charge in [-0.05, 0) is 79.3 Å². The maximum Gasteiger partial charge on any atom is 0.246 e. The van der Waals surface area contributed by atoms with E-state index in [0.29, 0.717) is 36.1 Å². The van der Waals surface area contributed by atoms with Gasteiger partial charge in [0.1, 0.15) is 42.3 Å². The summed E-state index contributed by atoms with van der Waals surface area (Å²) in [6.45, 7) is 4.56. The number of rotatable bonds is 21. The summed E-state index contributed by atoms with van der Waals surface area (Å²) in [6, 6.07) is 10.3. The lowest BCUT2D eigenvalue weighted by Gasteiger charge is -2.31. The number of para-hydroxylation sites is 1. The number of carbonyl (C=O) groups excluding carboxylic acids is 10. The highest BCUT2D eigenvalue weighted by Crippen LogP contribution is 2.30. The topological polar surface area (TPSA) is 407 Å². The van der Waals surface area contributed by atoms with Crippen molar-refractivity contribution in [1.82, 2.24) is 67.4 Å². The third-order valence-electron chi connectivity index (χ3n) is 16.2. The molecule has 15 N–H and O–H groups in total. The number of hydrogen-bond donors (Lipinski definition) is 12. The molecule has 90 heavy (non-hydrogen) atoms. The van der Waals surface area contributed by atoms with Crippen molar-refractivity contribution in [2.24, 2.45) is 22.2 Å². The standard InChI is InChI=1S/C63H87N17O10/c1-4-6-8-9-19-43-36-80(78-77-43)44-32-53-61(89)75-50(30-39-25-26-40-17-10-11-18-41(40)29-39)60(88)73-49(24-16-28-68-63(65)66)59(87)74-51(31-42-34-69-46-22-13-12-20-45(42)46)57(85)70-35-55(83)72-47(56(64)84)23-14-15-27-67-54(82)33-52(62(90)79(53)37-44)76-58(86)48(21-7-5-2)71-38(3)81/h10-13,17-18,20,22,25-26,29,34,36,44,47-53,69H,4-9,14-16,19,21,23-24,27-28,30-33,35,37H2,1-3H3,(H2,64,84)(H,67,82)(H,70,85)(H,71,81)(H,72,83)(H,73,88)(H,74,87)(H,75,89)(H,76,86)(H4,65,66,68)/t44-,47-,48-,49-,50+,51-,52-,53-/m0/s1. The Hall–Kier alpha value is -9.43. The van der Waals surface area contributed by atoms with Crippen LogP contribution in [0.5, 0.6) is 0 Å². The van der Waals surface area contributed by atoms with Crippen molar-refractivity contribution in [1.29, 1.82) is 0 Å². The zero-order chi connectivity index (χ0) is 64.7. The molecule has 0 aliphatic carbocycles. The first-order chi connectivity index (χ1) is 43.3. The van der Waals surface area contributed by atoms with Crippen LogP contribution in [0.25, 0.3) is 21.7 Å². The maximum absolute atomic E-state index is 15.5. The van der Waals surface area contributed by atoms with Crippen molar-refractivity contribution in [3.8, 4) is 0 Å². The summed E-state index contributed by atoms with van der Waals surface area (Å²) in [6.07, 6.45) is 9.16. The summed E-state index contributed by atoms with van der Waals surface area (Å²) >= 11 is 0. The number of fused-ring (bicyclic) bond motifs is 3. The van der Waals surface area contributed by atoms with Crippen LogP contribution in [0.4, 0.5) is 0 Å². The molecule has 7 rings (SSSR count). The first-order valence-electron chi connectivity index (χ1n) is 31.2. The smallest absolute Gasteiger partial charge is 0.246 e. The zero-order valence-corrected chi connectivity index (χ0v) is 51.5. The molecule has 27 heteroatoms. The number of hydrogen-bond acceptors (Lipinski definition) is 13. The number of aryl methyl sites for hydroxylation is 1. The van der Waals surface area contributed by atoms with Crippen molar-refractivity contribution >= 4 is 86.7 Å². The van der Waals surface area contributed by atoms with Crippen LogP contribution in [0.15, 0.2) is 84.1 Å². The molecule has 0 radical (unpaired) electrons. The fourth-order valence-corrected chi connectivity index (χ4v) is 11.3. The molecule has 2 aliphatic heterocycles. The van der Waals surface area contributed by atoms with E-state index in [-0.39, 0.29) is 83.4 Å². The van der Waals surface area contributed by atoms with Gasteiger partial charge in [0, 0.05) is 69.1 Å². The molecular weight excluding hydrogens is 1150 g/mol. The van der Waals surface area contributed by atoms with Crippen molar-refractivity contribution in [3.05, 3.63) is 95.9 Å². The SMILES string of the molecule is CCCCCCc1cn([C@H]2C[C@H]3C(=O)N[C@H](Cc4ccc5ccccc5c4)C(=O)N[C@@H](CCCN=C(N)N)C(=O)N[C@@H](Cc4c[nH]c5ccccc45)C(=O)NCC(=O)N[C@H](C(N)=O)CCCCNC(=O)C[C@H](NC(=O)[C@H](CCCC)NC(C)=O)C(=O)N3C2)nn1. The van der Waals surface area contributed by atoms with Crippen molar-refractivity contribution in [3.63, 3.8) is 0 Å². The van der Waals surface area contributed by atoms with Gasteiger partial charge < -0.3 is 69.6 Å². The van der Waals surface area contributed by atoms with Crippen LogP contribution in [0.2, 0.25) is 0 Å². The van der Waals surface area contributed by atoms with E-state index in [9.17, 15) is 33.6 Å². The van der Waals surface area contributed by atoms with E-state index in [1.165, 1.54) is 11.8 Å². The predicted octanol–water partition coefficient (Wildman–Crippen LogP) is 1.13. The number of nitrogens with zero attached hydrogens (tertiary/aromatic N) is 5. The zero-order valence-electron chi connectivity index (χ0n) is 51.5. The van der Waals surface area contributed by atoms with Crippen molar-refractivity contribution < 1.29 is 47.9 Å². The van der Waals surface area contributed by atoms with Crippen LogP contribution in [0, 0.1) is 0 Å². The summed E-state index contributed by atoms with van der Waals surface area (Å²) in [5.74, 6) is -7.78. The van der Waals surface area contributed by atoms with E-state index in [0.717, 1.165) is 47.4 Å². The second-order valence-corrected chi connectivity index (χ2v) is 23.2. The molecule has 2 aromatic heterocycles. The molecule has 3 aromatic carbocycles. The Kier molecular flexibility index (Phi) is 25.6. The monoisotopic (exact) mass is 1240 g/mol. The lowest BCUT2D eigenvalue weighted by Crippen LogP contribution is -2.60. The highest BCUT2D eigenvalue weighted by Gasteiger charge is 2.45. The average molecular weight is 1240 g/mol. The molecule has 27 nitrogen and oxygen atoms in total. The van der Waals surface area contributed by atoms with Crippen LogP contribution >= 0.6 is 0 Å². The largest absolute Gasteiger partial charge is 0.370 e. The maximum atomic E-state index is 15.5. The number of H-pyrrole nitrogens is 1. The molecule has 0 saturated carbocycles. The number of aliphatic imine (C=N–C) groups is 1.